The van der Waals surface area contributed by atoms with Crippen LogP contribution in [-0.4, -0.2) is 11.1 Å². The smallest absolute Gasteiger partial charge is 0.307 e. The minimum Gasteiger partial charge on any atom is -0.481 e. The van der Waals surface area contributed by atoms with Gasteiger partial charge in [0.1, 0.15) is 0 Å². The number of rotatable bonds is 1. The van der Waals surface area contributed by atoms with Crippen LogP contribution in [0.25, 0.3) is 0 Å². The van der Waals surface area contributed by atoms with Gasteiger partial charge < -0.3 is 5.11 Å². The number of hydrogen-bond donors (Lipinski definition) is 1. The lowest BCUT2D eigenvalue weighted by Crippen LogP contribution is -2.00. The van der Waals surface area contributed by atoms with Crippen molar-refractivity contribution in [1.82, 2.24) is 0 Å². The van der Waals surface area contributed by atoms with Crippen LogP contribution in [0.3, 0.4) is 0 Å². The van der Waals surface area contributed by atoms with Crippen LogP contribution in [0.4, 0.5) is 0 Å². The molecule has 0 radical (unpaired) electrons. The second-order valence-electron chi connectivity index (χ2n) is 3.15. The summed E-state index contributed by atoms with van der Waals surface area (Å²) < 4.78 is 0. The van der Waals surface area contributed by atoms with Crippen LogP contribution in [0.5, 0.6) is 0 Å². The molecule has 11 heavy (non-hydrogen) atoms. The van der Waals surface area contributed by atoms with E-state index in [1.165, 1.54) is 0 Å². The van der Waals surface area contributed by atoms with E-state index in [0.29, 0.717) is 11.8 Å². The molecule has 0 heterocycles. The average molecular weight is 150 g/mol. The monoisotopic (exact) mass is 150 g/mol. The first kappa shape index (κ1) is 6.65. The Morgan fingerprint density at radius 3 is 3.00 bits per heavy atom. The fourth-order valence-corrected chi connectivity index (χ4v) is 1.82. The molecule has 2 heteroatoms. The van der Waals surface area contributed by atoms with E-state index >= 15 is 0 Å². The molecule has 2 aliphatic rings. The van der Waals surface area contributed by atoms with Crippen molar-refractivity contribution in [2.45, 2.75) is 6.42 Å². The van der Waals surface area contributed by atoms with Crippen molar-refractivity contribution < 1.29 is 9.90 Å². The topological polar surface area (TPSA) is 37.3 Å². The zero-order valence-electron chi connectivity index (χ0n) is 6.10. The van der Waals surface area contributed by atoms with E-state index in [-0.39, 0.29) is 5.92 Å². The zero-order valence-corrected chi connectivity index (χ0v) is 6.10. The Bertz CT molecular complexity index is 240. The molecule has 0 bridgehead atoms. The van der Waals surface area contributed by atoms with E-state index in [1.54, 1.807) is 0 Å². The summed E-state index contributed by atoms with van der Waals surface area (Å²) in [6.07, 6.45) is 8.92. The molecule has 0 aromatic rings. The summed E-state index contributed by atoms with van der Waals surface area (Å²) in [5.74, 6) is -0.0545. The number of fused-ring (bicyclic) bond motifs is 1. The molecule has 1 N–H and O–H groups in total. The second-order valence-corrected chi connectivity index (χ2v) is 3.15. The summed E-state index contributed by atoms with van der Waals surface area (Å²) in [5, 5.41) is 8.72. The maximum absolute atomic E-state index is 10.6. The number of carbonyl (C=O) groups is 1. The first-order chi connectivity index (χ1) is 5.30. The lowest BCUT2D eigenvalue weighted by atomic mass is 10.2. The number of hydrogen-bond acceptors (Lipinski definition) is 1. The molecule has 1 fully saturated rings. The molecule has 0 amide bonds. The highest BCUT2D eigenvalue weighted by Crippen LogP contribution is 2.50. The highest BCUT2D eigenvalue weighted by molar-refractivity contribution is 5.75. The molecule has 1 saturated carbocycles. The zero-order chi connectivity index (χ0) is 7.84. The maximum atomic E-state index is 10.6. The number of carboxylic acids is 1. The highest BCUT2D eigenvalue weighted by atomic mass is 16.4. The quantitative estimate of drug-likeness (QED) is 0.614. The fraction of sp³-hybridized carbons (Fsp3) is 0.444. The van der Waals surface area contributed by atoms with Crippen LogP contribution in [0.1, 0.15) is 6.42 Å². The van der Waals surface area contributed by atoms with Crippen molar-refractivity contribution in [2.75, 3.05) is 0 Å². The van der Waals surface area contributed by atoms with Gasteiger partial charge in [0.25, 0.3) is 0 Å². The SMILES string of the molecule is O=C(O)[C@H]1[C@@H]2C=CC=CC[C@@H]21. The van der Waals surface area contributed by atoms with Gasteiger partial charge in [-0.05, 0) is 18.3 Å². The Morgan fingerprint density at radius 1 is 1.45 bits per heavy atom. The summed E-state index contributed by atoms with van der Waals surface area (Å²) >= 11 is 0. The Morgan fingerprint density at radius 2 is 2.27 bits per heavy atom. The Hall–Kier alpha value is -1.05. The maximum Gasteiger partial charge on any atom is 0.307 e. The van der Waals surface area contributed by atoms with Crippen LogP contribution in [0.2, 0.25) is 0 Å². The molecule has 2 rings (SSSR count). The summed E-state index contributed by atoms with van der Waals surface area (Å²) in [7, 11) is 0. The van der Waals surface area contributed by atoms with Gasteiger partial charge >= 0.3 is 5.97 Å². The molecule has 0 spiro atoms. The largest absolute Gasteiger partial charge is 0.481 e. The summed E-state index contributed by atoms with van der Waals surface area (Å²) in [6.45, 7) is 0. The highest BCUT2D eigenvalue weighted by Gasteiger charge is 2.52. The van der Waals surface area contributed by atoms with Gasteiger partial charge in [-0.15, -0.1) is 0 Å². The van der Waals surface area contributed by atoms with Crippen LogP contribution >= 0.6 is 0 Å². The van der Waals surface area contributed by atoms with Gasteiger partial charge in [0, 0.05) is 0 Å². The molecule has 2 nitrogen and oxygen atoms in total. The van der Waals surface area contributed by atoms with Crippen LogP contribution in [0.15, 0.2) is 24.3 Å². The number of carboxylic acid groups (broad SMARTS) is 1. The van der Waals surface area contributed by atoms with Crippen molar-refractivity contribution in [3.63, 3.8) is 0 Å². The van der Waals surface area contributed by atoms with E-state index in [4.69, 9.17) is 5.11 Å². The lowest BCUT2D eigenvalue weighted by Gasteiger charge is -1.87. The Balaban J connectivity index is 2.10. The molecule has 0 aromatic heterocycles. The number of allylic oxidation sites excluding steroid dienone is 4. The van der Waals surface area contributed by atoms with Gasteiger partial charge in [-0.25, -0.2) is 0 Å². The van der Waals surface area contributed by atoms with Crippen LogP contribution in [-0.2, 0) is 4.79 Å². The number of aliphatic carboxylic acids is 1. The molecule has 58 valence electrons. The van der Waals surface area contributed by atoms with Gasteiger partial charge in [0.15, 0.2) is 0 Å². The van der Waals surface area contributed by atoms with Gasteiger partial charge in [0.05, 0.1) is 5.92 Å². The van der Waals surface area contributed by atoms with Crippen LogP contribution in [0, 0.1) is 17.8 Å². The standard InChI is InChI=1S/C9H10O2/c10-9(11)8-6-4-2-1-3-5-7(6)8/h1-4,6-8H,5H2,(H,10,11)/t6-,7+,8+/m1/s1. The molecular weight excluding hydrogens is 140 g/mol. The summed E-state index contributed by atoms with van der Waals surface area (Å²) in [4.78, 5) is 10.6. The fourth-order valence-electron chi connectivity index (χ4n) is 1.82. The third-order valence-electron chi connectivity index (χ3n) is 2.50. The summed E-state index contributed by atoms with van der Waals surface area (Å²) in [6, 6.07) is 0. The van der Waals surface area contributed by atoms with E-state index in [1.807, 2.05) is 24.3 Å². The van der Waals surface area contributed by atoms with Crippen LogP contribution < -0.4 is 0 Å². The lowest BCUT2D eigenvalue weighted by molar-refractivity contribution is -0.139. The first-order valence-electron chi connectivity index (χ1n) is 3.87. The van der Waals surface area contributed by atoms with Crippen molar-refractivity contribution in [3.05, 3.63) is 24.3 Å². The van der Waals surface area contributed by atoms with Gasteiger partial charge in [0.2, 0.25) is 0 Å². The summed E-state index contributed by atoms with van der Waals surface area (Å²) in [5.41, 5.74) is 0. The van der Waals surface area contributed by atoms with Crippen molar-refractivity contribution in [3.8, 4) is 0 Å². The van der Waals surface area contributed by atoms with Gasteiger partial charge in [-0.2, -0.15) is 0 Å². The molecule has 0 aliphatic heterocycles. The predicted molar refractivity (Wildman–Crippen MR) is 41.0 cm³/mol. The molecule has 0 saturated heterocycles. The third kappa shape index (κ3) is 0.985. The molecule has 3 atom stereocenters. The van der Waals surface area contributed by atoms with Crippen molar-refractivity contribution in [1.29, 1.82) is 0 Å². The van der Waals surface area contributed by atoms with E-state index in [0.717, 1.165) is 6.42 Å². The van der Waals surface area contributed by atoms with E-state index in [2.05, 4.69) is 0 Å². The van der Waals surface area contributed by atoms with Gasteiger partial charge in [-0.1, -0.05) is 24.3 Å². The van der Waals surface area contributed by atoms with Crippen molar-refractivity contribution in [2.24, 2.45) is 17.8 Å². The third-order valence-corrected chi connectivity index (χ3v) is 2.50. The second kappa shape index (κ2) is 2.22. The molecule has 0 aromatic carbocycles. The first-order valence-corrected chi connectivity index (χ1v) is 3.87. The van der Waals surface area contributed by atoms with Gasteiger partial charge in [-0.3, -0.25) is 4.79 Å². The molecule has 2 aliphatic carbocycles. The van der Waals surface area contributed by atoms with E-state index in [9.17, 15) is 4.79 Å². The van der Waals surface area contributed by atoms with Crippen molar-refractivity contribution >= 4 is 5.97 Å². The minimum absolute atomic E-state index is 0.101. The predicted octanol–water partition coefficient (Wildman–Crippen LogP) is 1.45. The average Bonchev–Trinajstić information content (AvgIpc) is 2.57. The Labute approximate surface area is 65.2 Å². The molecular formula is C9H10O2. The minimum atomic E-state index is -0.639. The van der Waals surface area contributed by atoms with E-state index < -0.39 is 5.97 Å². The molecule has 0 unspecified atom stereocenters. The Kier molecular flexibility index (Phi) is 1.34. The normalized spacial score (nSPS) is 39.5.